The van der Waals surface area contributed by atoms with E-state index in [1.165, 1.54) is 13.2 Å². The first-order chi connectivity index (χ1) is 9.52. The van der Waals surface area contributed by atoms with Gasteiger partial charge in [-0.05, 0) is 12.5 Å². The van der Waals surface area contributed by atoms with Crippen LogP contribution in [0.4, 0.5) is 8.78 Å². The molecule has 0 amide bonds. The molecule has 0 saturated heterocycles. The fourth-order valence-corrected chi connectivity index (χ4v) is 2.17. The Morgan fingerprint density at radius 3 is 2.70 bits per heavy atom. The fraction of sp³-hybridized carbons (Fsp3) is 0.467. The van der Waals surface area contributed by atoms with Crippen LogP contribution in [0.5, 0.6) is 0 Å². The molecule has 0 aliphatic heterocycles. The van der Waals surface area contributed by atoms with E-state index in [0.29, 0.717) is 29.2 Å². The minimum Gasteiger partial charge on any atom is -0.459 e. The molecule has 0 saturated carbocycles. The van der Waals surface area contributed by atoms with Gasteiger partial charge in [0.1, 0.15) is 23.0 Å². The Kier molecular flexibility index (Phi) is 4.73. The van der Waals surface area contributed by atoms with Crippen LogP contribution in [0.15, 0.2) is 16.5 Å². The van der Waals surface area contributed by atoms with Gasteiger partial charge in [0.05, 0.1) is 18.5 Å². The second-order valence-corrected chi connectivity index (χ2v) is 5.22. The Labute approximate surface area is 116 Å². The van der Waals surface area contributed by atoms with E-state index in [1.54, 1.807) is 0 Å². The molecule has 0 aliphatic rings. The van der Waals surface area contributed by atoms with Gasteiger partial charge in [0.25, 0.3) is 0 Å². The molecular weight excluding hydrogens is 264 g/mol. The van der Waals surface area contributed by atoms with Crippen molar-refractivity contribution in [3.05, 3.63) is 35.1 Å². The number of halogens is 2. The van der Waals surface area contributed by atoms with Crippen molar-refractivity contribution >= 4 is 11.0 Å². The molecule has 2 aromatic rings. The molecular formula is C15H19F2NO2. The molecule has 0 atom stereocenters. The van der Waals surface area contributed by atoms with Gasteiger partial charge in [-0.25, -0.2) is 8.78 Å². The van der Waals surface area contributed by atoms with E-state index in [4.69, 9.17) is 9.15 Å². The third-order valence-corrected chi connectivity index (χ3v) is 3.02. The molecule has 5 heteroatoms. The van der Waals surface area contributed by atoms with Crippen LogP contribution in [-0.4, -0.2) is 13.7 Å². The van der Waals surface area contributed by atoms with Gasteiger partial charge in [-0.3, -0.25) is 0 Å². The molecule has 0 aliphatic carbocycles. The van der Waals surface area contributed by atoms with E-state index in [1.807, 2.05) is 0 Å². The van der Waals surface area contributed by atoms with E-state index < -0.39 is 11.6 Å². The average Bonchev–Trinajstić information content (AvgIpc) is 2.67. The number of hydrogen-bond acceptors (Lipinski definition) is 3. The predicted molar refractivity (Wildman–Crippen MR) is 73.4 cm³/mol. The Hall–Kier alpha value is -1.46. The summed E-state index contributed by atoms with van der Waals surface area (Å²) in [6.45, 7) is 5.70. The van der Waals surface area contributed by atoms with E-state index in [-0.39, 0.29) is 12.2 Å². The Morgan fingerprint density at radius 2 is 2.05 bits per heavy atom. The first kappa shape index (κ1) is 14.9. The summed E-state index contributed by atoms with van der Waals surface area (Å²) in [6, 6.07) is 2.06. The topological polar surface area (TPSA) is 34.4 Å². The highest BCUT2D eigenvalue weighted by Crippen LogP contribution is 2.30. The zero-order valence-electron chi connectivity index (χ0n) is 11.9. The fourth-order valence-electron chi connectivity index (χ4n) is 2.17. The van der Waals surface area contributed by atoms with Gasteiger partial charge in [-0.1, -0.05) is 13.8 Å². The van der Waals surface area contributed by atoms with Gasteiger partial charge in [0.2, 0.25) is 0 Å². The normalized spacial score (nSPS) is 11.7. The third kappa shape index (κ3) is 3.16. The number of methoxy groups -OCH3 is 1. The highest BCUT2D eigenvalue weighted by atomic mass is 19.1. The molecule has 0 bridgehead atoms. The van der Waals surface area contributed by atoms with Gasteiger partial charge in [-0.2, -0.15) is 0 Å². The molecule has 2 rings (SSSR count). The Balaban J connectivity index is 2.37. The maximum atomic E-state index is 13.9. The van der Waals surface area contributed by atoms with Gasteiger partial charge in [-0.15, -0.1) is 0 Å². The third-order valence-electron chi connectivity index (χ3n) is 3.02. The molecule has 0 fully saturated rings. The van der Waals surface area contributed by atoms with Gasteiger partial charge >= 0.3 is 0 Å². The summed E-state index contributed by atoms with van der Waals surface area (Å²) in [7, 11) is 1.53. The highest BCUT2D eigenvalue weighted by Gasteiger charge is 2.18. The van der Waals surface area contributed by atoms with Crippen LogP contribution in [0.25, 0.3) is 11.0 Å². The summed E-state index contributed by atoms with van der Waals surface area (Å²) in [6.07, 6.45) is 0. The van der Waals surface area contributed by atoms with Crippen LogP contribution >= 0.6 is 0 Å². The quantitative estimate of drug-likeness (QED) is 0.879. The molecule has 1 N–H and O–H groups in total. The summed E-state index contributed by atoms with van der Waals surface area (Å²) in [5.74, 6) is -0.174. The lowest BCUT2D eigenvalue weighted by Gasteiger charge is -2.07. The van der Waals surface area contributed by atoms with Crippen molar-refractivity contribution in [2.24, 2.45) is 5.92 Å². The van der Waals surface area contributed by atoms with Crippen molar-refractivity contribution in [2.45, 2.75) is 27.0 Å². The summed E-state index contributed by atoms with van der Waals surface area (Å²) in [5.41, 5.74) is 0.854. The van der Waals surface area contributed by atoms with Crippen molar-refractivity contribution in [1.82, 2.24) is 5.32 Å². The van der Waals surface area contributed by atoms with Crippen LogP contribution in [0.3, 0.4) is 0 Å². The van der Waals surface area contributed by atoms with Crippen LogP contribution in [0, 0.1) is 17.6 Å². The Morgan fingerprint density at radius 1 is 1.30 bits per heavy atom. The lowest BCUT2D eigenvalue weighted by atomic mass is 10.1. The van der Waals surface area contributed by atoms with Crippen LogP contribution in [0.1, 0.15) is 25.2 Å². The van der Waals surface area contributed by atoms with E-state index in [0.717, 1.165) is 12.6 Å². The molecule has 1 heterocycles. The monoisotopic (exact) mass is 283 g/mol. The van der Waals surface area contributed by atoms with Gasteiger partial charge < -0.3 is 14.5 Å². The maximum absolute atomic E-state index is 13.9. The lowest BCUT2D eigenvalue weighted by Crippen LogP contribution is -2.19. The average molecular weight is 283 g/mol. The lowest BCUT2D eigenvalue weighted by molar-refractivity contribution is 0.183. The summed E-state index contributed by atoms with van der Waals surface area (Å²) < 4.78 is 37.8. The highest BCUT2D eigenvalue weighted by molar-refractivity contribution is 5.83. The van der Waals surface area contributed by atoms with Crippen molar-refractivity contribution in [3.63, 3.8) is 0 Å². The summed E-state index contributed by atoms with van der Waals surface area (Å²) in [4.78, 5) is 0. The summed E-state index contributed by atoms with van der Waals surface area (Å²) in [5, 5.41) is 3.53. The summed E-state index contributed by atoms with van der Waals surface area (Å²) >= 11 is 0. The SMILES string of the molecule is COCc1c(CNCC(C)C)oc2cc(F)cc(F)c12. The number of rotatable bonds is 6. The minimum absolute atomic E-state index is 0.218. The predicted octanol–water partition coefficient (Wildman–Crippen LogP) is 3.60. The van der Waals surface area contributed by atoms with Crippen LogP contribution in [0.2, 0.25) is 0 Å². The minimum atomic E-state index is -0.644. The number of ether oxygens (including phenoxy) is 1. The number of fused-ring (bicyclic) bond motifs is 1. The largest absolute Gasteiger partial charge is 0.459 e. The maximum Gasteiger partial charge on any atom is 0.140 e. The Bertz CT molecular complexity index is 593. The van der Waals surface area contributed by atoms with E-state index in [2.05, 4.69) is 19.2 Å². The molecule has 3 nitrogen and oxygen atoms in total. The zero-order chi connectivity index (χ0) is 14.7. The first-order valence-corrected chi connectivity index (χ1v) is 6.61. The van der Waals surface area contributed by atoms with Crippen molar-refractivity contribution in [2.75, 3.05) is 13.7 Å². The second kappa shape index (κ2) is 6.33. The number of hydrogen-bond donors (Lipinski definition) is 1. The molecule has 1 aromatic carbocycles. The van der Waals surface area contributed by atoms with Gasteiger partial charge in [0.15, 0.2) is 0 Å². The van der Waals surface area contributed by atoms with Crippen molar-refractivity contribution in [3.8, 4) is 0 Å². The van der Waals surface area contributed by atoms with Crippen molar-refractivity contribution < 1.29 is 17.9 Å². The number of furan rings is 1. The molecule has 110 valence electrons. The van der Waals surface area contributed by atoms with Crippen LogP contribution < -0.4 is 5.32 Å². The second-order valence-electron chi connectivity index (χ2n) is 5.22. The standard InChI is InChI=1S/C15H19F2NO2/c1-9(2)6-18-7-14-11(8-19-3)15-12(17)4-10(16)5-13(15)20-14/h4-5,9,18H,6-8H2,1-3H3. The molecule has 20 heavy (non-hydrogen) atoms. The smallest absolute Gasteiger partial charge is 0.140 e. The van der Waals surface area contributed by atoms with Gasteiger partial charge in [0, 0.05) is 24.8 Å². The molecule has 1 aromatic heterocycles. The molecule has 0 radical (unpaired) electrons. The zero-order valence-corrected chi connectivity index (χ0v) is 11.9. The van der Waals surface area contributed by atoms with Crippen LogP contribution in [-0.2, 0) is 17.9 Å². The van der Waals surface area contributed by atoms with E-state index in [9.17, 15) is 8.78 Å². The number of nitrogens with one attached hydrogen (secondary N) is 1. The molecule has 0 unspecified atom stereocenters. The molecule has 0 spiro atoms. The number of benzene rings is 1. The van der Waals surface area contributed by atoms with E-state index >= 15 is 0 Å². The van der Waals surface area contributed by atoms with Crippen molar-refractivity contribution in [1.29, 1.82) is 0 Å². The first-order valence-electron chi connectivity index (χ1n) is 6.61.